The highest BCUT2D eigenvalue weighted by atomic mass is 16.6. The number of benzene rings is 1. The van der Waals surface area contributed by atoms with E-state index in [9.17, 15) is 4.79 Å². The van der Waals surface area contributed by atoms with Crippen LogP contribution >= 0.6 is 0 Å². The van der Waals surface area contributed by atoms with E-state index in [0.29, 0.717) is 0 Å². The van der Waals surface area contributed by atoms with E-state index in [4.69, 9.17) is 4.74 Å². The molecule has 3 nitrogen and oxygen atoms in total. The summed E-state index contributed by atoms with van der Waals surface area (Å²) in [5, 5.41) is 0. The molecule has 0 N–H and O–H groups in total. The lowest BCUT2D eigenvalue weighted by molar-refractivity contribution is -0.145. The molecule has 0 radical (unpaired) electrons. The van der Waals surface area contributed by atoms with Crippen LogP contribution in [0.3, 0.4) is 0 Å². The highest BCUT2D eigenvalue weighted by Crippen LogP contribution is 2.52. The van der Waals surface area contributed by atoms with Crippen LogP contribution in [0, 0.1) is 17.3 Å². The Bertz CT molecular complexity index is 751. The minimum absolute atomic E-state index is 0.0133. The van der Waals surface area contributed by atoms with E-state index in [2.05, 4.69) is 62.2 Å². The van der Waals surface area contributed by atoms with Gasteiger partial charge >= 0.3 is 5.97 Å². The molecule has 0 amide bonds. The van der Waals surface area contributed by atoms with Gasteiger partial charge in [-0.3, -0.25) is 4.79 Å². The average molecular weight is 351 g/mol. The van der Waals surface area contributed by atoms with Crippen molar-refractivity contribution in [2.24, 2.45) is 17.3 Å². The van der Waals surface area contributed by atoms with E-state index < -0.39 is 0 Å². The Labute approximate surface area is 156 Å². The Morgan fingerprint density at radius 2 is 2.04 bits per heavy atom. The lowest BCUT2D eigenvalue weighted by atomic mass is 9.62. The molecule has 0 bridgehead atoms. The third-order valence-corrected chi connectivity index (χ3v) is 6.50. The Kier molecular flexibility index (Phi) is 4.52. The molecule has 1 saturated heterocycles. The third kappa shape index (κ3) is 3.14. The summed E-state index contributed by atoms with van der Waals surface area (Å²) in [6.07, 6.45) is 8.05. The molecule has 3 heteroatoms. The predicted molar refractivity (Wildman–Crippen MR) is 103 cm³/mol. The Balaban J connectivity index is 1.53. The summed E-state index contributed by atoms with van der Waals surface area (Å²) in [6.45, 7) is 6.17. The second kappa shape index (κ2) is 6.70. The lowest BCUT2D eigenvalue weighted by Gasteiger charge is -2.43. The summed E-state index contributed by atoms with van der Waals surface area (Å²) in [5.41, 5.74) is 4.30. The first-order valence-electron chi connectivity index (χ1n) is 9.79. The van der Waals surface area contributed by atoms with Gasteiger partial charge in [0.25, 0.3) is 0 Å². The lowest BCUT2D eigenvalue weighted by Crippen LogP contribution is -2.38. The van der Waals surface area contributed by atoms with Crippen LogP contribution in [-0.2, 0) is 16.1 Å². The van der Waals surface area contributed by atoms with Crippen LogP contribution in [0.15, 0.2) is 53.6 Å². The van der Waals surface area contributed by atoms with Crippen molar-refractivity contribution in [3.05, 3.63) is 59.2 Å². The Morgan fingerprint density at radius 1 is 1.27 bits per heavy atom. The molecule has 4 atom stereocenters. The molecule has 138 valence electrons. The first kappa shape index (κ1) is 17.5. The van der Waals surface area contributed by atoms with Crippen LogP contribution in [0.5, 0.6) is 0 Å². The number of carbonyl (C=O) groups is 1. The van der Waals surface area contributed by atoms with E-state index in [1.54, 1.807) is 0 Å². The Morgan fingerprint density at radius 3 is 2.81 bits per heavy atom. The van der Waals surface area contributed by atoms with Gasteiger partial charge < -0.3 is 9.64 Å². The van der Waals surface area contributed by atoms with Gasteiger partial charge in [-0.25, -0.2) is 0 Å². The monoisotopic (exact) mass is 351 g/mol. The summed E-state index contributed by atoms with van der Waals surface area (Å²) in [5.74, 6) is 0.145. The van der Waals surface area contributed by atoms with Crippen molar-refractivity contribution in [3.63, 3.8) is 0 Å². The van der Waals surface area contributed by atoms with Gasteiger partial charge in [-0.1, -0.05) is 55.0 Å². The minimum atomic E-state index is -0.0551. The SMILES string of the molecule is CC1=CCC[C@]2(C)C[C@H]3OC(=O)[C@H](CN(C)Cc4ccccc4)[C@H]3C=C12. The molecular weight excluding hydrogens is 322 g/mol. The van der Waals surface area contributed by atoms with Crippen molar-refractivity contribution >= 4 is 5.97 Å². The fourth-order valence-corrected chi connectivity index (χ4v) is 5.13. The molecule has 3 aliphatic rings. The molecule has 1 aliphatic heterocycles. The first-order chi connectivity index (χ1) is 12.5. The molecular formula is C23H29NO2. The van der Waals surface area contributed by atoms with Crippen LogP contribution in [0.25, 0.3) is 0 Å². The van der Waals surface area contributed by atoms with E-state index in [-0.39, 0.29) is 29.3 Å². The summed E-state index contributed by atoms with van der Waals surface area (Å²) >= 11 is 0. The molecule has 1 aromatic rings. The van der Waals surface area contributed by atoms with E-state index in [1.165, 1.54) is 16.7 Å². The standard InChI is InChI=1S/C23H29NO2/c1-16-8-7-11-23(2)13-21-18(12-20(16)23)19(22(25)26-21)15-24(3)14-17-9-5-4-6-10-17/h4-6,8-10,12,18-19,21H,7,11,13-15H2,1-3H3/t18-,19-,21-,23-/m1/s1. The molecule has 4 rings (SSSR count). The van der Waals surface area contributed by atoms with Crippen LogP contribution in [0.2, 0.25) is 0 Å². The fourth-order valence-electron chi connectivity index (χ4n) is 5.13. The van der Waals surface area contributed by atoms with Crippen molar-refractivity contribution in [1.82, 2.24) is 4.90 Å². The smallest absolute Gasteiger partial charge is 0.311 e. The summed E-state index contributed by atoms with van der Waals surface area (Å²) in [4.78, 5) is 14.9. The van der Waals surface area contributed by atoms with Gasteiger partial charge in [0.05, 0.1) is 5.92 Å². The molecule has 0 spiro atoms. The number of rotatable bonds is 4. The van der Waals surface area contributed by atoms with Crippen LogP contribution in [0.4, 0.5) is 0 Å². The average Bonchev–Trinajstić information content (AvgIpc) is 2.88. The molecule has 1 heterocycles. The molecule has 0 saturated carbocycles. The normalized spacial score (nSPS) is 33.2. The largest absolute Gasteiger partial charge is 0.461 e. The molecule has 26 heavy (non-hydrogen) atoms. The van der Waals surface area contributed by atoms with Gasteiger partial charge in [-0.2, -0.15) is 0 Å². The number of nitrogens with zero attached hydrogens (tertiary/aromatic N) is 1. The second-order valence-electron chi connectivity index (χ2n) is 8.61. The van der Waals surface area contributed by atoms with Crippen molar-refractivity contribution in [2.45, 2.75) is 45.8 Å². The van der Waals surface area contributed by atoms with Crippen LogP contribution < -0.4 is 0 Å². The topological polar surface area (TPSA) is 29.5 Å². The summed E-state index contributed by atoms with van der Waals surface area (Å²) < 4.78 is 5.85. The fraction of sp³-hybridized carbons (Fsp3) is 0.522. The van der Waals surface area contributed by atoms with Gasteiger partial charge in [0.2, 0.25) is 0 Å². The van der Waals surface area contributed by atoms with Crippen LogP contribution in [-0.4, -0.2) is 30.6 Å². The van der Waals surface area contributed by atoms with Crippen molar-refractivity contribution in [3.8, 4) is 0 Å². The van der Waals surface area contributed by atoms with Gasteiger partial charge in [-0.05, 0) is 49.8 Å². The molecule has 2 aliphatic carbocycles. The highest BCUT2D eigenvalue weighted by Gasteiger charge is 2.50. The molecule has 0 aromatic heterocycles. The third-order valence-electron chi connectivity index (χ3n) is 6.50. The maximum Gasteiger partial charge on any atom is 0.311 e. The Hall–Kier alpha value is -1.87. The van der Waals surface area contributed by atoms with Gasteiger partial charge in [0.15, 0.2) is 0 Å². The van der Waals surface area contributed by atoms with Crippen molar-refractivity contribution in [2.75, 3.05) is 13.6 Å². The molecule has 0 unspecified atom stereocenters. The van der Waals surface area contributed by atoms with Crippen LogP contribution in [0.1, 0.15) is 38.7 Å². The first-order valence-corrected chi connectivity index (χ1v) is 9.79. The second-order valence-corrected chi connectivity index (χ2v) is 8.61. The zero-order chi connectivity index (χ0) is 18.3. The maximum atomic E-state index is 12.6. The zero-order valence-electron chi connectivity index (χ0n) is 16.1. The van der Waals surface area contributed by atoms with Crippen molar-refractivity contribution in [1.29, 1.82) is 0 Å². The molecule has 1 aromatic carbocycles. The van der Waals surface area contributed by atoms with E-state index >= 15 is 0 Å². The number of allylic oxidation sites excluding steroid dienone is 3. The number of esters is 1. The van der Waals surface area contributed by atoms with Gasteiger partial charge in [0.1, 0.15) is 6.10 Å². The van der Waals surface area contributed by atoms with Gasteiger partial charge in [0, 0.05) is 19.0 Å². The van der Waals surface area contributed by atoms with Gasteiger partial charge in [-0.15, -0.1) is 0 Å². The number of hydrogen-bond donors (Lipinski definition) is 0. The predicted octanol–water partition coefficient (Wildman–Crippen LogP) is 4.35. The van der Waals surface area contributed by atoms with E-state index in [1.807, 2.05) is 6.07 Å². The van der Waals surface area contributed by atoms with Crippen molar-refractivity contribution < 1.29 is 9.53 Å². The molecule has 1 fully saturated rings. The number of carbonyl (C=O) groups excluding carboxylic acids is 1. The highest BCUT2D eigenvalue weighted by molar-refractivity contribution is 5.76. The number of ether oxygens (including phenoxy) is 1. The number of fused-ring (bicyclic) bond motifs is 2. The number of hydrogen-bond acceptors (Lipinski definition) is 3. The summed E-state index contributed by atoms with van der Waals surface area (Å²) in [6, 6.07) is 10.4. The zero-order valence-corrected chi connectivity index (χ0v) is 16.1. The minimum Gasteiger partial charge on any atom is -0.461 e. The maximum absolute atomic E-state index is 12.6. The summed E-state index contributed by atoms with van der Waals surface area (Å²) in [7, 11) is 2.10. The quantitative estimate of drug-likeness (QED) is 0.755. The van der Waals surface area contributed by atoms with E-state index in [0.717, 1.165) is 32.4 Å².